The van der Waals surface area contributed by atoms with Crippen LogP contribution in [0.15, 0.2) is 0 Å². The minimum atomic E-state index is -3.30. The lowest BCUT2D eigenvalue weighted by Crippen LogP contribution is -3.00. The fourth-order valence-corrected chi connectivity index (χ4v) is 5.38. The third kappa shape index (κ3) is 15.2. The second kappa shape index (κ2) is 8.42. The molecule has 0 bridgehead atoms. The Bertz CT molecular complexity index is 454. The van der Waals surface area contributed by atoms with Gasteiger partial charge in [0.2, 0.25) is 0 Å². The molecule has 9 heteroatoms. The maximum atomic E-state index is 11.8. The van der Waals surface area contributed by atoms with Crippen molar-refractivity contribution in [1.82, 2.24) is 0 Å². The monoisotopic (exact) mass is 457 g/mol. The fraction of sp³-hybridized carbons (Fsp3) is 1.00. The molecular weight excluding hydrogens is 427 g/mol. The van der Waals surface area contributed by atoms with Gasteiger partial charge in [0.15, 0.2) is 19.7 Å². The topological polar surface area (TPSA) is 68.3 Å². The molecule has 0 aliphatic carbocycles. The van der Waals surface area contributed by atoms with Crippen LogP contribution in [0.4, 0.5) is 0 Å². The first-order valence-corrected chi connectivity index (χ1v) is 10.3. The average Bonchev–Trinajstić information content (AvgIpc) is 2.20. The van der Waals surface area contributed by atoms with Gasteiger partial charge < -0.3 is 32.9 Å². The second-order valence-corrected chi connectivity index (χ2v) is 11.9. The van der Waals surface area contributed by atoms with Gasteiger partial charge in [-0.05, 0) is 0 Å². The lowest BCUT2D eigenvalue weighted by Gasteiger charge is -2.24. The smallest absolute Gasteiger partial charge is 0.156 e. The molecule has 0 spiro atoms. The van der Waals surface area contributed by atoms with Crippen molar-refractivity contribution in [1.29, 1.82) is 0 Å². The van der Waals surface area contributed by atoms with Crippen molar-refractivity contribution in [2.24, 2.45) is 0 Å². The van der Waals surface area contributed by atoms with Crippen molar-refractivity contribution in [2.75, 3.05) is 78.4 Å². The van der Waals surface area contributed by atoms with Crippen molar-refractivity contribution in [3.63, 3.8) is 0 Å². The summed E-state index contributed by atoms with van der Waals surface area (Å²) in [5, 5.41) is 0. The van der Waals surface area contributed by atoms with Crippen LogP contribution in [0, 0.1) is 0 Å². The third-order valence-electron chi connectivity index (χ3n) is 2.85. The Hall–Kier alpha value is 0.550. The number of halogens is 1. The summed E-state index contributed by atoms with van der Waals surface area (Å²) in [6.45, 7) is 0.975. The average molecular weight is 457 g/mol. The number of hydrogen-bond acceptors (Lipinski definition) is 4. The Morgan fingerprint density at radius 2 is 0.810 bits per heavy atom. The Labute approximate surface area is 147 Å². The Morgan fingerprint density at radius 3 is 1.00 bits per heavy atom. The van der Waals surface area contributed by atoms with Crippen molar-refractivity contribution >= 4 is 19.7 Å². The van der Waals surface area contributed by atoms with Gasteiger partial charge in [-0.2, -0.15) is 0 Å². The summed E-state index contributed by atoms with van der Waals surface area (Å²) in [5.74, 6) is -0.484. The molecule has 0 amide bonds. The minimum absolute atomic E-state index is 0. The largest absolute Gasteiger partial charge is 1.00 e. The highest BCUT2D eigenvalue weighted by atomic mass is 127. The van der Waals surface area contributed by atoms with E-state index in [1.165, 1.54) is 0 Å². The molecule has 0 atom stereocenters. The summed E-state index contributed by atoms with van der Waals surface area (Å²) in [6, 6.07) is 0. The first-order chi connectivity index (χ1) is 8.62. The van der Waals surface area contributed by atoms with Gasteiger partial charge in [0, 0.05) is 0 Å². The number of rotatable bonds is 9. The minimum Gasteiger partial charge on any atom is -1.00 e. The molecule has 6 nitrogen and oxygen atoms in total. The Balaban J connectivity index is 0. The fourth-order valence-electron chi connectivity index (χ4n) is 1.28. The van der Waals surface area contributed by atoms with Crippen molar-refractivity contribution in [3.05, 3.63) is 0 Å². The number of sulfone groups is 2. The highest BCUT2D eigenvalue weighted by Crippen LogP contribution is 2.01. The van der Waals surface area contributed by atoms with E-state index in [-0.39, 0.29) is 47.0 Å². The van der Waals surface area contributed by atoms with E-state index in [0.717, 1.165) is 0 Å². The molecule has 21 heavy (non-hydrogen) atoms. The molecule has 0 heterocycles. The van der Waals surface area contributed by atoms with Crippen LogP contribution in [-0.2, 0) is 19.7 Å². The van der Waals surface area contributed by atoms with E-state index in [0.29, 0.717) is 22.1 Å². The van der Waals surface area contributed by atoms with E-state index < -0.39 is 19.7 Å². The van der Waals surface area contributed by atoms with Gasteiger partial charge in [0.05, 0.1) is 78.4 Å². The quantitative estimate of drug-likeness (QED) is 0.264. The van der Waals surface area contributed by atoms with Gasteiger partial charge in [-0.15, -0.1) is 0 Å². The molecule has 0 aromatic rings. The van der Waals surface area contributed by atoms with E-state index in [1.807, 2.05) is 42.3 Å². The summed E-state index contributed by atoms with van der Waals surface area (Å²) in [5.41, 5.74) is 0. The van der Waals surface area contributed by atoms with Crippen LogP contribution in [0.1, 0.15) is 0 Å². The SMILES string of the molecule is C[N+](C)(C)CCS(=O)(=O)CCS(=O)(=O)CC[N+](C)(C)C.[I-]. The van der Waals surface area contributed by atoms with Crippen molar-refractivity contribution < 1.29 is 49.8 Å². The van der Waals surface area contributed by atoms with Gasteiger partial charge in [0.1, 0.15) is 0 Å². The van der Waals surface area contributed by atoms with Gasteiger partial charge in [-0.3, -0.25) is 0 Å². The lowest BCUT2D eigenvalue weighted by atomic mass is 10.6. The van der Waals surface area contributed by atoms with Gasteiger partial charge >= 0.3 is 0 Å². The predicted octanol–water partition coefficient (Wildman–Crippen LogP) is -3.77. The molecule has 130 valence electrons. The number of nitrogens with zero attached hydrogens (tertiary/aromatic N) is 2. The van der Waals surface area contributed by atoms with E-state index in [1.54, 1.807) is 0 Å². The molecule has 0 aromatic carbocycles. The van der Waals surface area contributed by atoms with Crippen LogP contribution in [0.25, 0.3) is 0 Å². The third-order valence-corrected chi connectivity index (χ3v) is 6.37. The van der Waals surface area contributed by atoms with Gasteiger partial charge in [0.25, 0.3) is 0 Å². The zero-order valence-corrected chi connectivity index (χ0v) is 17.8. The molecule has 0 fully saturated rings. The number of hydrogen-bond donors (Lipinski definition) is 0. The van der Waals surface area contributed by atoms with E-state index in [4.69, 9.17) is 0 Å². The molecule has 0 aliphatic rings. The Kier molecular flexibility index (Phi) is 9.54. The molecule has 0 radical (unpaired) electrons. The molecular formula is C12H30IN2O4S2+. The van der Waals surface area contributed by atoms with E-state index >= 15 is 0 Å². The lowest BCUT2D eigenvalue weighted by molar-refractivity contribution is -0.867. The summed E-state index contributed by atoms with van der Waals surface area (Å²) in [6.07, 6.45) is 0. The van der Waals surface area contributed by atoms with Crippen LogP contribution < -0.4 is 24.0 Å². The second-order valence-electron chi connectivity index (χ2n) is 7.33. The standard InChI is InChI=1S/C12H30N2O4S2.HI/c1-13(2,3)7-9-19(15,16)11-12-20(17,18)10-8-14(4,5)6;/h7-12H2,1-6H3;1H/q+2;/p-1. The normalized spacial score (nSPS) is 13.8. The first-order valence-electron chi connectivity index (χ1n) is 6.64. The molecule has 0 unspecified atom stereocenters. The van der Waals surface area contributed by atoms with Crippen molar-refractivity contribution in [3.8, 4) is 0 Å². The van der Waals surface area contributed by atoms with Gasteiger partial charge in [-0.25, -0.2) is 16.8 Å². The summed E-state index contributed by atoms with van der Waals surface area (Å²) in [4.78, 5) is 0. The Morgan fingerprint density at radius 1 is 0.571 bits per heavy atom. The molecule has 0 rings (SSSR count). The summed E-state index contributed by atoms with van der Waals surface area (Å²) in [7, 11) is 4.86. The van der Waals surface area contributed by atoms with E-state index in [9.17, 15) is 16.8 Å². The maximum Gasteiger partial charge on any atom is 0.156 e. The van der Waals surface area contributed by atoms with Crippen LogP contribution >= 0.6 is 0 Å². The van der Waals surface area contributed by atoms with Crippen molar-refractivity contribution in [2.45, 2.75) is 0 Å². The summed E-state index contributed by atoms with van der Waals surface area (Å²) >= 11 is 0. The highest BCUT2D eigenvalue weighted by Gasteiger charge is 2.22. The predicted molar refractivity (Wildman–Crippen MR) is 83.1 cm³/mol. The molecule has 0 aliphatic heterocycles. The van der Waals surface area contributed by atoms with E-state index in [2.05, 4.69) is 0 Å². The zero-order valence-electron chi connectivity index (χ0n) is 14.0. The molecule has 0 N–H and O–H groups in total. The van der Waals surface area contributed by atoms with Crippen LogP contribution in [0.2, 0.25) is 0 Å². The molecule has 0 aromatic heterocycles. The zero-order chi connectivity index (χ0) is 16.2. The summed E-state index contributed by atoms with van der Waals surface area (Å²) < 4.78 is 48.5. The van der Waals surface area contributed by atoms with Gasteiger partial charge in [-0.1, -0.05) is 0 Å². The highest BCUT2D eigenvalue weighted by molar-refractivity contribution is 7.95. The maximum absolute atomic E-state index is 11.8. The molecule has 0 saturated carbocycles. The van der Waals surface area contributed by atoms with Crippen LogP contribution in [0.5, 0.6) is 0 Å². The van der Waals surface area contributed by atoms with Crippen LogP contribution in [0.3, 0.4) is 0 Å². The number of quaternary nitrogens is 2. The van der Waals surface area contributed by atoms with Crippen LogP contribution in [-0.4, -0.2) is 104 Å². The molecule has 0 saturated heterocycles. The first kappa shape index (κ1) is 23.8.